The van der Waals surface area contributed by atoms with Gasteiger partial charge in [0.05, 0.1) is 26.4 Å². The average molecular weight is 412 g/mol. The number of likely N-dealkylation sites (tertiary alicyclic amines) is 1. The van der Waals surface area contributed by atoms with Gasteiger partial charge in [0.1, 0.15) is 11.5 Å². The number of hydrogen-bond acceptors (Lipinski definition) is 4. The lowest BCUT2D eigenvalue weighted by molar-refractivity contribution is 0.0536. The number of methoxy groups -OCH3 is 1. The van der Waals surface area contributed by atoms with Crippen molar-refractivity contribution in [3.8, 4) is 11.5 Å². The normalized spacial score (nSPS) is 16.7. The number of aliphatic imine (C=N–C) groups is 1. The Morgan fingerprint density at radius 2 is 1.83 bits per heavy atom. The zero-order chi connectivity index (χ0) is 21.0. The van der Waals surface area contributed by atoms with E-state index in [2.05, 4.69) is 29.3 Å². The first kappa shape index (κ1) is 22.1. The fraction of sp³-hybridized carbons (Fsp3) is 0.458. The lowest BCUT2D eigenvalue weighted by Gasteiger charge is -2.21. The summed E-state index contributed by atoms with van der Waals surface area (Å²) in [6.45, 7) is 7.67. The van der Waals surface area contributed by atoms with Crippen LogP contribution in [-0.2, 0) is 16.0 Å². The number of benzene rings is 2. The van der Waals surface area contributed by atoms with Gasteiger partial charge in [-0.1, -0.05) is 30.3 Å². The van der Waals surface area contributed by atoms with Crippen molar-refractivity contribution in [2.45, 2.75) is 19.9 Å². The van der Waals surface area contributed by atoms with Crippen molar-refractivity contribution in [1.29, 1.82) is 0 Å². The maximum atomic E-state index is 5.86. The first-order valence-corrected chi connectivity index (χ1v) is 10.7. The second-order valence-corrected chi connectivity index (χ2v) is 7.40. The van der Waals surface area contributed by atoms with Gasteiger partial charge in [-0.3, -0.25) is 0 Å². The fourth-order valence-corrected chi connectivity index (χ4v) is 3.43. The van der Waals surface area contributed by atoms with Crippen LogP contribution < -0.4 is 10.1 Å². The minimum absolute atomic E-state index is 0.542. The molecule has 2 aromatic carbocycles. The number of rotatable bonds is 10. The van der Waals surface area contributed by atoms with Gasteiger partial charge in [-0.2, -0.15) is 0 Å². The summed E-state index contributed by atoms with van der Waals surface area (Å²) in [7, 11) is 1.70. The van der Waals surface area contributed by atoms with Crippen LogP contribution in [0.15, 0.2) is 59.6 Å². The van der Waals surface area contributed by atoms with E-state index in [-0.39, 0.29) is 0 Å². The highest BCUT2D eigenvalue weighted by Gasteiger charge is 2.24. The van der Waals surface area contributed by atoms with Gasteiger partial charge < -0.3 is 24.4 Å². The fourth-order valence-electron chi connectivity index (χ4n) is 3.43. The van der Waals surface area contributed by atoms with Crippen LogP contribution in [0, 0.1) is 5.92 Å². The van der Waals surface area contributed by atoms with Crippen LogP contribution in [0.4, 0.5) is 0 Å². The van der Waals surface area contributed by atoms with Crippen molar-refractivity contribution in [3.05, 3.63) is 60.2 Å². The molecule has 2 aromatic rings. The standard InChI is InChI=1S/C24H33N3O3/c1-3-25-24(27-14-13-21(18-27)19-29-16-15-28-2)26-17-20-9-11-23(12-10-20)30-22-7-5-4-6-8-22/h4-12,21H,3,13-19H2,1-2H3,(H,25,26). The van der Waals surface area contributed by atoms with Gasteiger partial charge in [0.2, 0.25) is 0 Å². The molecule has 6 heteroatoms. The largest absolute Gasteiger partial charge is 0.457 e. The zero-order valence-electron chi connectivity index (χ0n) is 18.0. The summed E-state index contributed by atoms with van der Waals surface area (Å²) in [5.74, 6) is 3.19. The second-order valence-electron chi connectivity index (χ2n) is 7.40. The van der Waals surface area contributed by atoms with E-state index in [1.807, 2.05) is 42.5 Å². The Morgan fingerprint density at radius 3 is 2.57 bits per heavy atom. The summed E-state index contributed by atoms with van der Waals surface area (Å²) in [5, 5.41) is 3.43. The highest BCUT2D eigenvalue weighted by atomic mass is 16.5. The molecule has 30 heavy (non-hydrogen) atoms. The summed E-state index contributed by atoms with van der Waals surface area (Å²) in [4.78, 5) is 7.19. The Labute approximate surface area is 179 Å². The third kappa shape index (κ3) is 7.04. The molecular formula is C24H33N3O3. The van der Waals surface area contributed by atoms with Crippen LogP contribution in [0.1, 0.15) is 18.9 Å². The molecule has 0 saturated carbocycles. The molecule has 3 rings (SSSR count). The first-order valence-electron chi connectivity index (χ1n) is 10.7. The molecule has 1 unspecified atom stereocenters. The van der Waals surface area contributed by atoms with E-state index in [0.717, 1.165) is 55.7 Å². The molecule has 6 nitrogen and oxygen atoms in total. The smallest absolute Gasteiger partial charge is 0.194 e. The number of para-hydroxylation sites is 1. The van der Waals surface area contributed by atoms with Gasteiger partial charge in [0, 0.05) is 32.7 Å². The van der Waals surface area contributed by atoms with Gasteiger partial charge in [-0.05, 0) is 43.2 Å². The number of nitrogens with zero attached hydrogens (tertiary/aromatic N) is 2. The summed E-state index contributed by atoms with van der Waals surface area (Å²) in [6, 6.07) is 17.9. The van der Waals surface area contributed by atoms with Gasteiger partial charge in [0.25, 0.3) is 0 Å². The van der Waals surface area contributed by atoms with E-state index < -0.39 is 0 Å². The molecule has 0 spiro atoms. The van der Waals surface area contributed by atoms with Gasteiger partial charge in [-0.25, -0.2) is 4.99 Å². The van der Waals surface area contributed by atoms with Gasteiger partial charge in [0.15, 0.2) is 5.96 Å². The Hall–Kier alpha value is -2.57. The van der Waals surface area contributed by atoms with Crippen LogP contribution in [0.2, 0.25) is 0 Å². The molecule has 1 heterocycles. The lowest BCUT2D eigenvalue weighted by Crippen LogP contribution is -2.40. The van der Waals surface area contributed by atoms with Crippen molar-refractivity contribution < 1.29 is 14.2 Å². The summed E-state index contributed by atoms with van der Waals surface area (Å²) in [5.41, 5.74) is 1.16. The Bertz CT molecular complexity index is 765. The SMILES string of the molecule is CCNC(=NCc1ccc(Oc2ccccc2)cc1)N1CCC(COCCOC)C1. The van der Waals surface area contributed by atoms with Crippen LogP contribution in [-0.4, -0.2) is 57.4 Å². The molecule has 0 aliphatic carbocycles. The van der Waals surface area contributed by atoms with Crippen molar-refractivity contribution in [2.75, 3.05) is 46.6 Å². The van der Waals surface area contributed by atoms with E-state index in [9.17, 15) is 0 Å². The minimum Gasteiger partial charge on any atom is -0.457 e. The number of nitrogens with one attached hydrogen (secondary N) is 1. The molecular weight excluding hydrogens is 378 g/mol. The van der Waals surface area contributed by atoms with E-state index in [4.69, 9.17) is 19.2 Å². The quantitative estimate of drug-likeness (QED) is 0.365. The molecule has 0 amide bonds. The van der Waals surface area contributed by atoms with E-state index in [0.29, 0.717) is 25.7 Å². The Morgan fingerprint density at radius 1 is 1.07 bits per heavy atom. The average Bonchev–Trinajstić information content (AvgIpc) is 3.25. The molecule has 0 radical (unpaired) electrons. The third-order valence-corrected chi connectivity index (χ3v) is 5.02. The predicted octanol–water partition coefficient (Wildman–Crippen LogP) is 3.93. The molecule has 1 aliphatic heterocycles. The Kier molecular flexibility index (Phi) is 9.00. The molecule has 1 atom stereocenters. The molecule has 1 N–H and O–H groups in total. The maximum absolute atomic E-state index is 5.86. The Balaban J connectivity index is 1.52. The van der Waals surface area contributed by atoms with Crippen molar-refractivity contribution in [2.24, 2.45) is 10.9 Å². The van der Waals surface area contributed by atoms with Gasteiger partial charge >= 0.3 is 0 Å². The molecule has 162 valence electrons. The molecule has 0 aromatic heterocycles. The molecule has 1 aliphatic rings. The molecule has 0 bridgehead atoms. The number of hydrogen-bond donors (Lipinski definition) is 1. The van der Waals surface area contributed by atoms with Gasteiger partial charge in [-0.15, -0.1) is 0 Å². The van der Waals surface area contributed by atoms with Crippen molar-refractivity contribution in [3.63, 3.8) is 0 Å². The van der Waals surface area contributed by atoms with Crippen molar-refractivity contribution >= 4 is 5.96 Å². The third-order valence-electron chi connectivity index (χ3n) is 5.02. The van der Waals surface area contributed by atoms with Crippen LogP contribution in [0.5, 0.6) is 11.5 Å². The summed E-state index contributed by atoms with van der Waals surface area (Å²) in [6.07, 6.45) is 1.13. The highest BCUT2D eigenvalue weighted by molar-refractivity contribution is 5.80. The highest BCUT2D eigenvalue weighted by Crippen LogP contribution is 2.21. The maximum Gasteiger partial charge on any atom is 0.194 e. The van der Waals surface area contributed by atoms with Crippen molar-refractivity contribution in [1.82, 2.24) is 10.2 Å². The van der Waals surface area contributed by atoms with Crippen LogP contribution in [0.25, 0.3) is 0 Å². The predicted molar refractivity (Wildman–Crippen MR) is 120 cm³/mol. The van der Waals surface area contributed by atoms with E-state index >= 15 is 0 Å². The van der Waals surface area contributed by atoms with E-state index in [1.165, 1.54) is 0 Å². The minimum atomic E-state index is 0.542. The second kappa shape index (κ2) is 12.2. The molecule has 1 fully saturated rings. The summed E-state index contributed by atoms with van der Waals surface area (Å²) >= 11 is 0. The number of guanidine groups is 1. The lowest BCUT2D eigenvalue weighted by atomic mass is 10.1. The van der Waals surface area contributed by atoms with Crippen LogP contribution in [0.3, 0.4) is 0 Å². The van der Waals surface area contributed by atoms with Crippen LogP contribution >= 0.6 is 0 Å². The topological polar surface area (TPSA) is 55.3 Å². The summed E-state index contributed by atoms with van der Waals surface area (Å²) < 4.78 is 16.6. The first-order chi connectivity index (χ1) is 14.8. The van der Waals surface area contributed by atoms with E-state index in [1.54, 1.807) is 7.11 Å². The zero-order valence-corrected chi connectivity index (χ0v) is 18.0. The molecule has 1 saturated heterocycles. The monoisotopic (exact) mass is 411 g/mol. The number of ether oxygens (including phenoxy) is 3.